The van der Waals surface area contributed by atoms with E-state index in [1.165, 1.54) is 6.92 Å². The maximum absolute atomic E-state index is 12.8. The number of ketones is 1. The van der Waals surface area contributed by atoms with Crippen LogP contribution in [0.15, 0.2) is 48.5 Å². The molecule has 2 aromatic rings. The van der Waals surface area contributed by atoms with Gasteiger partial charge in [-0.3, -0.25) is 14.4 Å². The van der Waals surface area contributed by atoms with Crippen molar-refractivity contribution in [2.24, 2.45) is 0 Å². The minimum Gasteiger partial charge on any atom is -0.376 e. The molecule has 1 atom stereocenters. The number of carbonyl (C=O) groups is 3. The Morgan fingerprint density at radius 2 is 1.85 bits per heavy atom. The Labute approximate surface area is 152 Å². The molecule has 6 heteroatoms. The number of hydrogen-bond donors (Lipinski definition) is 2. The van der Waals surface area contributed by atoms with Crippen molar-refractivity contribution in [3.05, 3.63) is 54.1 Å². The van der Waals surface area contributed by atoms with Gasteiger partial charge in [-0.15, -0.1) is 0 Å². The fourth-order valence-electron chi connectivity index (χ4n) is 3.05. The van der Waals surface area contributed by atoms with Crippen molar-refractivity contribution in [1.29, 1.82) is 0 Å². The molecule has 0 fully saturated rings. The van der Waals surface area contributed by atoms with Gasteiger partial charge in [0, 0.05) is 23.7 Å². The van der Waals surface area contributed by atoms with Crippen LogP contribution in [0, 0.1) is 0 Å². The highest BCUT2D eigenvalue weighted by molar-refractivity contribution is 6.05. The van der Waals surface area contributed by atoms with E-state index in [0.717, 1.165) is 5.69 Å². The van der Waals surface area contributed by atoms with Crippen molar-refractivity contribution in [2.75, 3.05) is 22.1 Å². The Hall–Kier alpha value is -3.15. The Balaban J connectivity index is 1.76. The molecule has 1 aliphatic heterocycles. The predicted molar refractivity (Wildman–Crippen MR) is 102 cm³/mol. The lowest BCUT2D eigenvalue weighted by molar-refractivity contribution is -0.118. The van der Waals surface area contributed by atoms with Crippen LogP contribution in [-0.2, 0) is 9.59 Å². The summed E-state index contributed by atoms with van der Waals surface area (Å²) in [6.07, 6.45) is 0.244. The van der Waals surface area contributed by atoms with Gasteiger partial charge in [-0.25, -0.2) is 0 Å². The molecule has 0 bridgehead atoms. The summed E-state index contributed by atoms with van der Waals surface area (Å²) in [4.78, 5) is 37.8. The summed E-state index contributed by atoms with van der Waals surface area (Å²) in [7, 11) is 0. The first kappa shape index (κ1) is 17.7. The van der Waals surface area contributed by atoms with Crippen LogP contribution in [0.2, 0.25) is 0 Å². The number of amides is 2. The summed E-state index contributed by atoms with van der Waals surface area (Å²) < 4.78 is 0. The van der Waals surface area contributed by atoms with Crippen LogP contribution in [0.25, 0.3) is 0 Å². The van der Waals surface area contributed by atoms with E-state index in [9.17, 15) is 14.4 Å². The fourth-order valence-corrected chi connectivity index (χ4v) is 3.05. The SMILES string of the molecule is CC(=O)c1ccc(NCC(=O)N2c3ccccc3NC(=O)CC2C)cc1. The highest BCUT2D eigenvalue weighted by atomic mass is 16.2. The van der Waals surface area contributed by atoms with E-state index in [1.807, 2.05) is 25.1 Å². The first-order valence-electron chi connectivity index (χ1n) is 8.51. The first-order valence-corrected chi connectivity index (χ1v) is 8.51. The molecule has 0 radical (unpaired) electrons. The monoisotopic (exact) mass is 351 g/mol. The minimum atomic E-state index is -0.243. The lowest BCUT2D eigenvalue weighted by atomic mass is 10.1. The average Bonchev–Trinajstić information content (AvgIpc) is 2.74. The molecule has 0 aliphatic carbocycles. The number of para-hydroxylation sites is 2. The average molecular weight is 351 g/mol. The number of carbonyl (C=O) groups excluding carboxylic acids is 3. The van der Waals surface area contributed by atoms with Gasteiger partial charge >= 0.3 is 0 Å². The zero-order valence-electron chi connectivity index (χ0n) is 14.8. The van der Waals surface area contributed by atoms with E-state index in [-0.39, 0.29) is 36.6 Å². The van der Waals surface area contributed by atoms with E-state index in [0.29, 0.717) is 16.9 Å². The molecule has 1 aliphatic rings. The van der Waals surface area contributed by atoms with Crippen LogP contribution in [0.1, 0.15) is 30.6 Å². The number of nitrogens with zero attached hydrogens (tertiary/aromatic N) is 1. The maximum Gasteiger partial charge on any atom is 0.246 e. The summed E-state index contributed by atoms with van der Waals surface area (Å²) in [5, 5.41) is 5.93. The maximum atomic E-state index is 12.8. The first-order chi connectivity index (χ1) is 12.5. The highest BCUT2D eigenvalue weighted by Crippen LogP contribution is 2.31. The topological polar surface area (TPSA) is 78.5 Å². The second-order valence-electron chi connectivity index (χ2n) is 6.37. The summed E-state index contributed by atoms with van der Waals surface area (Å²) in [6, 6.07) is 14.0. The second kappa shape index (κ2) is 7.39. The molecule has 2 N–H and O–H groups in total. The van der Waals surface area contributed by atoms with Crippen molar-refractivity contribution in [3.8, 4) is 0 Å². The van der Waals surface area contributed by atoms with E-state index < -0.39 is 0 Å². The van der Waals surface area contributed by atoms with Gasteiger partial charge in [-0.2, -0.15) is 0 Å². The fraction of sp³-hybridized carbons (Fsp3) is 0.250. The third-order valence-corrected chi connectivity index (χ3v) is 4.36. The number of benzene rings is 2. The third-order valence-electron chi connectivity index (χ3n) is 4.36. The molecule has 0 saturated heterocycles. The van der Waals surface area contributed by atoms with Gasteiger partial charge in [0.2, 0.25) is 11.8 Å². The van der Waals surface area contributed by atoms with Crippen LogP contribution in [0.5, 0.6) is 0 Å². The van der Waals surface area contributed by atoms with Crippen molar-refractivity contribution in [2.45, 2.75) is 26.3 Å². The number of rotatable bonds is 4. The molecule has 1 unspecified atom stereocenters. The van der Waals surface area contributed by atoms with E-state index in [4.69, 9.17) is 0 Å². The molecular formula is C20H21N3O3. The Morgan fingerprint density at radius 1 is 1.15 bits per heavy atom. The smallest absolute Gasteiger partial charge is 0.246 e. The van der Waals surface area contributed by atoms with Gasteiger partial charge in [0.25, 0.3) is 0 Å². The van der Waals surface area contributed by atoms with Gasteiger partial charge in [0.1, 0.15) is 0 Å². The zero-order chi connectivity index (χ0) is 18.7. The Morgan fingerprint density at radius 3 is 2.54 bits per heavy atom. The summed E-state index contributed by atoms with van der Waals surface area (Å²) in [6.45, 7) is 3.47. The normalized spacial score (nSPS) is 16.3. The second-order valence-corrected chi connectivity index (χ2v) is 6.37. The van der Waals surface area contributed by atoms with Crippen molar-refractivity contribution in [1.82, 2.24) is 0 Å². The molecule has 0 saturated carbocycles. The van der Waals surface area contributed by atoms with Crippen molar-refractivity contribution in [3.63, 3.8) is 0 Å². The Kier molecular flexibility index (Phi) is 5.02. The quantitative estimate of drug-likeness (QED) is 0.830. The predicted octanol–water partition coefficient (Wildman–Crippen LogP) is 3.07. The van der Waals surface area contributed by atoms with Crippen molar-refractivity contribution < 1.29 is 14.4 Å². The van der Waals surface area contributed by atoms with Crippen LogP contribution in [-0.4, -0.2) is 30.2 Å². The third kappa shape index (κ3) is 3.74. The number of fused-ring (bicyclic) bond motifs is 1. The van der Waals surface area contributed by atoms with E-state index in [1.54, 1.807) is 35.2 Å². The van der Waals surface area contributed by atoms with Gasteiger partial charge < -0.3 is 15.5 Å². The number of hydrogen-bond acceptors (Lipinski definition) is 4. The summed E-state index contributed by atoms with van der Waals surface area (Å²) in [5.41, 5.74) is 2.72. The molecule has 26 heavy (non-hydrogen) atoms. The van der Waals surface area contributed by atoms with Crippen LogP contribution >= 0.6 is 0 Å². The largest absolute Gasteiger partial charge is 0.376 e. The minimum absolute atomic E-state index is 0.000193. The molecule has 0 spiro atoms. The summed E-state index contributed by atoms with van der Waals surface area (Å²) >= 11 is 0. The molecule has 2 aromatic carbocycles. The van der Waals surface area contributed by atoms with Gasteiger partial charge in [0.05, 0.1) is 17.9 Å². The zero-order valence-corrected chi connectivity index (χ0v) is 14.8. The lowest BCUT2D eigenvalue weighted by Crippen LogP contribution is -2.42. The molecule has 6 nitrogen and oxygen atoms in total. The molecule has 2 amide bonds. The highest BCUT2D eigenvalue weighted by Gasteiger charge is 2.29. The standard InChI is InChI=1S/C20H21N3O3/c1-13-11-19(25)22-17-5-3-4-6-18(17)23(13)20(26)12-21-16-9-7-15(8-10-16)14(2)24/h3-10,13,21H,11-12H2,1-2H3,(H,22,25). The van der Waals surface area contributed by atoms with Crippen LogP contribution in [0.3, 0.4) is 0 Å². The number of nitrogens with one attached hydrogen (secondary N) is 2. The Bertz CT molecular complexity index is 846. The lowest BCUT2D eigenvalue weighted by Gasteiger charge is -2.28. The number of anilines is 3. The van der Waals surface area contributed by atoms with Crippen molar-refractivity contribution >= 4 is 34.7 Å². The van der Waals surface area contributed by atoms with Crippen LogP contribution < -0.4 is 15.5 Å². The van der Waals surface area contributed by atoms with E-state index >= 15 is 0 Å². The molecule has 1 heterocycles. The van der Waals surface area contributed by atoms with Gasteiger partial charge in [0.15, 0.2) is 5.78 Å². The summed E-state index contributed by atoms with van der Waals surface area (Å²) in [5.74, 6) is -0.232. The number of Topliss-reactive ketones (excluding diaryl/α,β-unsaturated/α-hetero) is 1. The van der Waals surface area contributed by atoms with Gasteiger partial charge in [-0.05, 0) is 50.2 Å². The molecule has 3 rings (SSSR count). The molecule has 0 aromatic heterocycles. The van der Waals surface area contributed by atoms with Crippen LogP contribution in [0.4, 0.5) is 17.1 Å². The van der Waals surface area contributed by atoms with E-state index in [2.05, 4.69) is 10.6 Å². The van der Waals surface area contributed by atoms with Gasteiger partial charge in [-0.1, -0.05) is 12.1 Å². The molecule has 134 valence electrons. The molecular weight excluding hydrogens is 330 g/mol.